The molecular formula is C9H12N6OS. The molecule has 1 amide bonds. The first kappa shape index (κ1) is 11.6. The molecule has 0 aromatic carbocycles. The summed E-state index contributed by atoms with van der Waals surface area (Å²) in [5.41, 5.74) is 0.653. The monoisotopic (exact) mass is 252 g/mol. The number of nitrogens with zero attached hydrogens (tertiary/aromatic N) is 5. The molecule has 90 valence electrons. The maximum atomic E-state index is 11.8. The van der Waals surface area contributed by atoms with Gasteiger partial charge in [-0.3, -0.25) is 9.48 Å². The van der Waals surface area contributed by atoms with Crippen LogP contribution in [0.3, 0.4) is 0 Å². The fraction of sp³-hybridized carbons (Fsp3) is 0.444. The molecule has 2 aromatic rings. The van der Waals surface area contributed by atoms with Crippen LogP contribution in [-0.2, 0) is 6.54 Å². The summed E-state index contributed by atoms with van der Waals surface area (Å²) in [7, 11) is 0. The molecular weight excluding hydrogens is 240 g/mol. The van der Waals surface area contributed by atoms with Crippen LogP contribution in [0.25, 0.3) is 0 Å². The van der Waals surface area contributed by atoms with E-state index in [-0.39, 0.29) is 11.9 Å². The van der Waals surface area contributed by atoms with Crippen LogP contribution in [0.15, 0.2) is 12.7 Å². The summed E-state index contributed by atoms with van der Waals surface area (Å²) in [6.07, 6.45) is 3.08. The third-order valence-electron chi connectivity index (χ3n) is 2.16. The van der Waals surface area contributed by atoms with Gasteiger partial charge in [-0.25, -0.2) is 4.98 Å². The lowest BCUT2D eigenvalue weighted by atomic mass is 10.3. The average molecular weight is 252 g/mol. The largest absolute Gasteiger partial charge is 0.347 e. The van der Waals surface area contributed by atoms with Crippen molar-refractivity contribution in [2.24, 2.45) is 0 Å². The molecule has 8 heteroatoms. The van der Waals surface area contributed by atoms with Gasteiger partial charge in [-0.15, -0.1) is 5.10 Å². The minimum atomic E-state index is -0.148. The van der Waals surface area contributed by atoms with E-state index in [1.54, 1.807) is 17.9 Å². The second-order valence-corrected chi connectivity index (χ2v) is 4.43. The molecule has 0 bridgehead atoms. The van der Waals surface area contributed by atoms with Gasteiger partial charge < -0.3 is 5.32 Å². The van der Waals surface area contributed by atoms with Crippen LogP contribution < -0.4 is 5.32 Å². The number of carbonyl (C=O) groups is 1. The molecule has 2 rings (SSSR count). The molecule has 0 aliphatic carbocycles. The molecule has 0 radical (unpaired) electrons. The van der Waals surface area contributed by atoms with Gasteiger partial charge in [-0.2, -0.15) is 5.10 Å². The van der Waals surface area contributed by atoms with Gasteiger partial charge in [0.05, 0.1) is 12.2 Å². The van der Waals surface area contributed by atoms with Crippen molar-refractivity contribution >= 4 is 17.4 Å². The zero-order valence-electron chi connectivity index (χ0n) is 9.49. The van der Waals surface area contributed by atoms with Crippen LogP contribution in [0.1, 0.15) is 22.3 Å². The maximum absolute atomic E-state index is 11.8. The average Bonchev–Trinajstić information content (AvgIpc) is 2.88. The number of aromatic nitrogens is 5. The van der Waals surface area contributed by atoms with E-state index in [1.165, 1.54) is 6.33 Å². The van der Waals surface area contributed by atoms with Crippen LogP contribution in [0.4, 0.5) is 0 Å². The van der Waals surface area contributed by atoms with Crippen LogP contribution in [0.5, 0.6) is 0 Å². The third kappa shape index (κ3) is 2.84. The number of amides is 1. The summed E-state index contributed by atoms with van der Waals surface area (Å²) < 4.78 is 5.40. The Hall–Kier alpha value is -1.83. The topological polar surface area (TPSA) is 85.6 Å². The Morgan fingerprint density at radius 1 is 1.65 bits per heavy atom. The first-order valence-corrected chi connectivity index (χ1v) is 5.86. The Balaban J connectivity index is 1.93. The van der Waals surface area contributed by atoms with Crippen molar-refractivity contribution < 1.29 is 4.79 Å². The Labute approximate surface area is 102 Å². The number of nitrogens with one attached hydrogen (secondary N) is 1. The highest BCUT2D eigenvalue weighted by Gasteiger charge is 2.15. The smallest absolute Gasteiger partial charge is 0.265 e. The van der Waals surface area contributed by atoms with E-state index in [4.69, 9.17) is 0 Å². The van der Waals surface area contributed by atoms with E-state index in [2.05, 4.69) is 25.0 Å². The second-order valence-electron chi connectivity index (χ2n) is 3.68. The Morgan fingerprint density at radius 3 is 3.06 bits per heavy atom. The summed E-state index contributed by atoms with van der Waals surface area (Å²) in [4.78, 5) is 16.2. The van der Waals surface area contributed by atoms with Crippen molar-refractivity contribution in [2.45, 2.75) is 26.4 Å². The molecule has 17 heavy (non-hydrogen) atoms. The summed E-state index contributed by atoms with van der Waals surface area (Å²) in [6.45, 7) is 4.25. The predicted molar refractivity (Wildman–Crippen MR) is 61.6 cm³/mol. The number of aryl methyl sites for hydroxylation is 1. The van der Waals surface area contributed by atoms with Gasteiger partial charge >= 0.3 is 0 Å². The van der Waals surface area contributed by atoms with Crippen molar-refractivity contribution in [3.05, 3.63) is 23.2 Å². The normalized spacial score (nSPS) is 12.4. The highest BCUT2D eigenvalue weighted by atomic mass is 32.1. The molecule has 0 aliphatic heterocycles. The van der Waals surface area contributed by atoms with Crippen LogP contribution in [0, 0.1) is 6.92 Å². The maximum Gasteiger partial charge on any atom is 0.265 e. The minimum Gasteiger partial charge on any atom is -0.347 e. The lowest BCUT2D eigenvalue weighted by Gasteiger charge is -2.12. The number of hydrogen-bond acceptors (Lipinski definition) is 6. The number of carbonyl (C=O) groups excluding carboxylic acids is 1. The summed E-state index contributed by atoms with van der Waals surface area (Å²) in [6, 6.07) is -0.0364. The second kappa shape index (κ2) is 5.00. The van der Waals surface area contributed by atoms with E-state index in [1.807, 2.05) is 6.92 Å². The van der Waals surface area contributed by atoms with Crippen LogP contribution in [0.2, 0.25) is 0 Å². The predicted octanol–water partition coefficient (Wildman–Crippen LogP) is 0.257. The number of hydrogen-bond donors (Lipinski definition) is 1. The SMILES string of the molecule is Cc1nnsc1C(=O)NC(C)Cn1cncn1. The van der Waals surface area contributed by atoms with Gasteiger partial charge in [-0.1, -0.05) is 4.49 Å². The van der Waals surface area contributed by atoms with Crippen LogP contribution in [-0.4, -0.2) is 36.3 Å². The standard InChI is InChI=1S/C9H12N6OS/c1-6(3-15-5-10-4-11-15)12-9(16)8-7(2)13-14-17-8/h4-6H,3H2,1-2H3,(H,12,16). The molecule has 0 spiro atoms. The molecule has 0 saturated carbocycles. The molecule has 1 atom stereocenters. The van der Waals surface area contributed by atoms with Gasteiger partial charge in [0.25, 0.3) is 5.91 Å². The minimum absolute atomic E-state index is 0.0364. The van der Waals surface area contributed by atoms with E-state index in [0.717, 1.165) is 11.5 Å². The van der Waals surface area contributed by atoms with E-state index in [9.17, 15) is 4.79 Å². The Morgan fingerprint density at radius 2 is 2.47 bits per heavy atom. The van der Waals surface area contributed by atoms with Gasteiger partial charge in [0.1, 0.15) is 17.5 Å². The Kier molecular flexibility index (Phi) is 3.43. The molecule has 0 fully saturated rings. The molecule has 2 heterocycles. The third-order valence-corrected chi connectivity index (χ3v) is 2.99. The van der Waals surface area contributed by atoms with Crippen molar-refractivity contribution in [3.63, 3.8) is 0 Å². The summed E-state index contributed by atoms with van der Waals surface area (Å²) in [5, 5.41) is 10.6. The molecule has 0 aliphatic rings. The molecule has 1 unspecified atom stereocenters. The van der Waals surface area contributed by atoms with E-state index in [0.29, 0.717) is 17.1 Å². The fourth-order valence-corrected chi connectivity index (χ4v) is 1.94. The zero-order valence-corrected chi connectivity index (χ0v) is 10.3. The lowest BCUT2D eigenvalue weighted by Crippen LogP contribution is -2.35. The van der Waals surface area contributed by atoms with Gasteiger partial charge in [-0.05, 0) is 25.4 Å². The van der Waals surface area contributed by atoms with Crippen LogP contribution >= 0.6 is 11.5 Å². The molecule has 2 aromatic heterocycles. The first-order valence-electron chi connectivity index (χ1n) is 5.09. The zero-order chi connectivity index (χ0) is 12.3. The first-order chi connectivity index (χ1) is 8.16. The van der Waals surface area contributed by atoms with E-state index < -0.39 is 0 Å². The molecule has 0 saturated heterocycles. The van der Waals surface area contributed by atoms with Gasteiger partial charge in [0, 0.05) is 6.04 Å². The van der Waals surface area contributed by atoms with Crippen molar-refractivity contribution in [1.29, 1.82) is 0 Å². The van der Waals surface area contributed by atoms with Crippen molar-refractivity contribution in [1.82, 2.24) is 29.7 Å². The van der Waals surface area contributed by atoms with Crippen molar-refractivity contribution in [2.75, 3.05) is 0 Å². The van der Waals surface area contributed by atoms with Gasteiger partial charge in [0.15, 0.2) is 0 Å². The quantitative estimate of drug-likeness (QED) is 0.843. The number of rotatable bonds is 4. The highest BCUT2D eigenvalue weighted by Crippen LogP contribution is 2.08. The van der Waals surface area contributed by atoms with Gasteiger partial charge in [0.2, 0.25) is 0 Å². The summed E-state index contributed by atoms with van der Waals surface area (Å²) >= 11 is 1.10. The fourth-order valence-electron chi connectivity index (χ4n) is 1.38. The molecule has 1 N–H and O–H groups in total. The highest BCUT2D eigenvalue weighted by molar-refractivity contribution is 7.07. The molecule has 7 nitrogen and oxygen atoms in total. The Bertz CT molecular complexity index is 493. The lowest BCUT2D eigenvalue weighted by molar-refractivity contribution is 0.0939. The summed E-state index contributed by atoms with van der Waals surface area (Å²) in [5.74, 6) is -0.148. The van der Waals surface area contributed by atoms with Crippen molar-refractivity contribution in [3.8, 4) is 0 Å². The van der Waals surface area contributed by atoms with E-state index >= 15 is 0 Å².